The molecule has 0 unspecified atom stereocenters. The maximum Gasteiger partial charge on any atom is 0.339 e. The molecule has 4 aromatic rings. The number of rotatable bonds is 4. The number of nitrogens with zero attached hydrogens (tertiary/aromatic N) is 4. The Morgan fingerprint density at radius 3 is 2.55 bits per heavy atom. The Morgan fingerprint density at radius 1 is 1.10 bits per heavy atom. The average Bonchev–Trinajstić information content (AvgIpc) is 2.74. The van der Waals surface area contributed by atoms with E-state index in [4.69, 9.17) is 5.73 Å². The van der Waals surface area contributed by atoms with Crippen LogP contribution in [0.3, 0.4) is 0 Å². The number of aromatic nitrogens is 3. The highest BCUT2D eigenvalue weighted by Gasteiger charge is 2.15. The molecule has 4 rings (SSSR count). The fourth-order valence-corrected chi connectivity index (χ4v) is 3.07. The zero-order chi connectivity index (χ0) is 20.5. The smallest absolute Gasteiger partial charge is 0.339 e. The van der Waals surface area contributed by atoms with Crippen LogP contribution in [0.15, 0.2) is 70.6 Å². The Morgan fingerprint density at radius 2 is 1.86 bits per heavy atom. The van der Waals surface area contributed by atoms with E-state index in [-0.39, 0.29) is 22.9 Å². The van der Waals surface area contributed by atoms with Crippen LogP contribution in [0.2, 0.25) is 0 Å². The summed E-state index contributed by atoms with van der Waals surface area (Å²) in [5.74, 6) is -1.06. The maximum atomic E-state index is 13.2. The summed E-state index contributed by atoms with van der Waals surface area (Å²) in [4.78, 5) is 36.8. The van der Waals surface area contributed by atoms with Gasteiger partial charge in [-0.15, -0.1) is 0 Å². The highest BCUT2D eigenvalue weighted by molar-refractivity contribution is 5.94. The first-order valence-electron chi connectivity index (χ1n) is 8.57. The number of nitrogen functional groups attached to an aromatic ring is 1. The number of aliphatic imine (C=N–C) groups is 1. The SMILES string of the molecule is C=Nc1nc2ccc(-c3cnc(N)c(C(=O)O)c3)cc2c(=O)n1-c1ccccc1. The molecule has 3 N–H and O–H groups in total. The van der Waals surface area contributed by atoms with Gasteiger partial charge in [0.2, 0.25) is 5.95 Å². The predicted molar refractivity (Wildman–Crippen MR) is 111 cm³/mol. The lowest BCUT2D eigenvalue weighted by molar-refractivity contribution is 0.0697. The van der Waals surface area contributed by atoms with Crippen molar-refractivity contribution in [2.24, 2.45) is 4.99 Å². The van der Waals surface area contributed by atoms with Crippen LogP contribution < -0.4 is 11.3 Å². The molecular formula is C21H15N5O3. The summed E-state index contributed by atoms with van der Waals surface area (Å²) >= 11 is 0. The van der Waals surface area contributed by atoms with Crippen molar-refractivity contribution >= 4 is 35.4 Å². The maximum absolute atomic E-state index is 13.2. The molecule has 8 nitrogen and oxygen atoms in total. The van der Waals surface area contributed by atoms with Crippen LogP contribution in [0.4, 0.5) is 11.8 Å². The standard InChI is InChI=1S/C21H15N5O3/c1-23-21-25-17-8-7-12(13-10-16(20(28)29)18(22)24-11-13)9-15(17)19(27)26(21)14-5-3-2-4-6-14/h2-11H,1H2,(H2,22,24)(H,28,29). The summed E-state index contributed by atoms with van der Waals surface area (Å²) < 4.78 is 1.38. The van der Waals surface area contributed by atoms with Gasteiger partial charge in [0.15, 0.2) is 0 Å². The highest BCUT2D eigenvalue weighted by atomic mass is 16.4. The number of carboxylic acids is 1. The van der Waals surface area contributed by atoms with E-state index < -0.39 is 5.97 Å². The van der Waals surface area contributed by atoms with Gasteiger partial charge in [0.25, 0.3) is 5.56 Å². The van der Waals surface area contributed by atoms with E-state index >= 15 is 0 Å². The molecular weight excluding hydrogens is 370 g/mol. The molecule has 0 aliphatic rings. The average molecular weight is 385 g/mol. The topological polar surface area (TPSA) is 123 Å². The number of fused-ring (bicyclic) bond motifs is 1. The fourth-order valence-electron chi connectivity index (χ4n) is 3.07. The Kier molecular flexibility index (Phi) is 4.36. The molecule has 2 aromatic heterocycles. The molecule has 0 amide bonds. The zero-order valence-electron chi connectivity index (χ0n) is 15.1. The minimum absolute atomic E-state index is 0.0724. The largest absolute Gasteiger partial charge is 0.478 e. The number of hydrogen-bond acceptors (Lipinski definition) is 6. The Balaban J connectivity index is 1.96. The minimum atomic E-state index is -1.17. The summed E-state index contributed by atoms with van der Waals surface area (Å²) in [6.07, 6.45) is 1.46. The third kappa shape index (κ3) is 3.12. The number of aromatic carboxylic acids is 1. The van der Waals surface area contributed by atoms with Crippen molar-refractivity contribution in [3.63, 3.8) is 0 Å². The summed E-state index contributed by atoms with van der Waals surface area (Å²) in [7, 11) is 0. The fraction of sp³-hybridized carbons (Fsp3) is 0. The van der Waals surface area contributed by atoms with E-state index in [0.717, 1.165) is 0 Å². The van der Waals surface area contributed by atoms with Crippen molar-refractivity contribution in [2.45, 2.75) is 0 Å². The molecule has 2 aromatic carbocycles. The van der Waals surface area contributed by atoms with Gasteiger partial charge in [-0.3, -0.25) is 4.79 Å². The van der Waals surface area contributed by atoms with Gasteiger partial charge in [0.1, 0.15) is 11.4 Å². The second-order valence-corrected chi connectivity index (χ2v) is 6.24. The first-order chi connectivity index (χ1) is 14.0. The second-order valence-electron chi connectivity index (χ2n) is 6.24. The van der Waals surface area contributed by atoms with Crippen LogP contribution >= 0.6 is 0 Å². The molecule has 0 atom stereocenters. The molecule has 0 saturated carbocycles. The van der Waals surface area contributed by atoms with Crippen molar-refractivity contribution in [3.05, 3.63) is 76.7 Å². The van der Waals surface area contributed by atoms with Crippen LogP contribution in [0, 0.1) is 0 Å². The minimum Gasteiger partial charge on any atom is -0.478 e. The Hall–Kier alpha value is -4.33. The van der Waals surface area contributed by atoms with E-state index in [0.29, 0.717) is 27.7 Å². The first kappa shape index (κ1) is 18.1. The van der Waals surface area contributed by atoms with Gasteiger partial charge in [-0.2, -0.15) is 0 Å². The van der Waals surface area contributed by atoms with Crippen LogP contribution in [-0.2, 0) is 0 Å². The molecule has 0 fully saturated rings. The van der Waals surface area contributed by atoms with Crippen LogP contribution in [0.25, 0.3) is 27.7 Å². The summed E-state index contributed by atoms with van der Waals surface area (Å²) in [6.45, 7) is 3.52. The van der Waals surface area contributed by atoms with Gasteiger partial charge in [0, 0.05) is 11.8 Å². The van der Waals surface area contributed by atoms with E-state index in [2.05, 4.69) is 21.7 Å². The number of carboxylic acid groups (broad SMARTS) is 1. The molecule has 0 bridgehead atoms. The third-order valence-electron chi connectivity index (χ3n) is 4.49. The highest BCUT2D eigenvalue weighted by Crippen LogP contribution is 2.26. The van der Waals surface area contributed by atoms with Gasteiger partial charge in [-0.1, -0.05) is 24.3 Å². The quantitative estimate of drug-likeness (QED) is 0.520. The van der Waals surface area contributed by atoms with Gasteiger partial charge in [-0.05, 0) is 42.6 Å². The summed E-state index contributed by atoms with van der Waals surface area (Å²) in [6, 6.07) is 15.5. The van der Waals surface area contributed by atoms with E-state index in [9.17, 15) is 14.7 Å². The number of para-hydroxylation sites is 1. The Bertz CT molecular complexity index is 1330. The van der Waals surface area contributed by atoms with Crippen molar-refractivity contribution in [2.75, 3.05) is 5.73 Å². The number of nitrogens with two attached hydrogens (primary N) is 1. The van der Waals surface area contributed by atoms with Crippen LogP contribution in [0.1, 0.15) is 10.4 Å². The number of carbonyl (C=O) groups is 1. The monoisotopic (exact) mass is 385 g/mol. The molecule has 0 aliphatic carbocycles. The number of hydrogen-bond donors (Lipinski definition) is 2. The lowest BCUT2D eigenvalue weighted by Gasteiger charge is -2.11. The van der Waals surface area contributed by atoms with Crippen molar-refractivity contribution in [1.82, 2.24) is 14.5 Å². The van der Waals surface area contributed by atoms with Gasteiger partial charge < -0.3 is 10.8 Å². The number of anilines is 1. The molecule has 0 radical (unpaired) electrons. The second kappa shape index (κ2) is 7.01. The number of pyridine rings is 1. The molecule has 0 spiro atoms. The third-order valence-corrected chi connectivity index (χ3v) is 4.49. The number of benzene rings is 2. The van der Waals surface area contributed by atoms with Gasteiger partial charge in [0.05, 0.1) is 16.6 Å². The van der Waals surface area contributed by atoms with Gasteiger partial charge >= 0.3 is 5.97 Å². The lowest BCUT2D eigenvalue weighted by atomic mass is 10.0. The van der Waals surface area contributed by atoms with Crippen molar-refractivity contribution in [1.29, 1.82) is 0 Å². The molecule has 29 heavy (non-hydrogen) atoms. The summed E-state index contributed by atoms with van der Waals surface area (Å²) in [5, 5.41) is 9.63. The van der Waals surface area contributed by atoms with E-state index in [1.165, 1.54) is 16.8 Å². The van der Waals surface area contributed by atoms with Crippen LogP contribution in [0.5, 0.6) is 0 Å². The molecule has 2 heterocycles. The van der Waals surface area contributed by atoms with E-state index in [1.807, 2.05) is 18.2 Å². The van der Waals surface area contributed by atoms with Crippen LogP contribution in [-0.4, -0.2) is 32.3 Å². The van der Waals surface area contributed by atoms with E-state index in [1.54, 1.807) is 30.3 Å². The first-order valence-corrected chi connectivity index (χ1v) is 8.57. The lowest BCUT2D eigenvalue weighted by Crippen LogP contribution is -2.19. The predicted octanol–water partition coefficient (Wildman–Crippen LogP) is 3.06. The summed E-state index contributed by atoms with van der Waals surface area (Å²) in [5.41, 5.74) is 7.42. The van der Waals surface area contributed by atoms with Crippen molar-refractivity contribution in [3.8, 4) is 16.8 Å². The Labute approximate surface area is 164 Å². The molecule has 0 saturated heterocycles. The van der Waals surface area contributed by atoms with Gasteiger partial charge in [-0.25, -0.2) is 24.3 Å². The normalized spacial score (nSPS) is 10.8. The molecule has 142 valence electrons. The van der Waals surface area contributed by atoms with Crippen molar-refractivity contribution < 1.29 is 9.90 Å². The zero-order valence-corrected chi connectivity index (χ0v) is 15.1. The molecule has 8 heteroatoms. The molecule has 0 aliphatic heterocycles.